The Morgan fingerprint density at radius 1 is 1.10 bits per heavy atom. The van der Waals surface area contributed by atoms with Crippen LogP contribution in [-0.4, -0.2) is 24.7 Å². The number of nitrogen functional groups attached to an aromatic ring is 1. The third kappa shape index (κ3) is 2.56. The fraction of sp³-hybridized carbons (Fsp3) is 0.0769. The number of hydrogen-bond acceptors (Lipinski definition) is 6. The number of aromatic nitrogens is 5. The van der Waals surface area contributed by atoms with Gasteiger partial charge in [0.2, 0.25) is 5.95 Å². The van der Waals surface area contributed by atoms with E-state index in [2.05, 4.69) is 20.1 Å². The Bertz CT molecular complexity index is 708. The lowest BCUT2D eigenvalue weighted by Crippen LogP contribution is -2.07. The van der Waals surface area contributed by atoms with Crippen molar-refractivity contribution in [3.05, 3.63) is 48.3 Å². The van der Waals surface area contributed by atoms with Crippen molar-refractivity contribution >= 4 is 5.95 Å². The molecule has 3 aromatic rings. The lowest BCUT2D eigenvalue weighted by Gasteiger charge is -2.06. The smallest absolute Gasteiger partial charge is 0.328 e. The SMILES string of the molecule is Cc1ccc(Oc2nc(N)nc(-n3cccn3)n2)cc1. The maximum atomic E-state index is 5.66. The predicted molar refractivity (Wildman–Crippen MR) is 72.6 cm³/mol. The van der Waals surface area contributed by atoms with Crippen molar-refractivity contribution in [2.24, 2.45) is 0 Å². The van der Waals surface area contributed by atoms with Gasteiger partial charge in [-0.3, -0.25) is 0 Å². The largest absolute Gasteiger partial charge is 0.424 e. The maximum absolute atomic E-state index is 5.66. The highest BCUT2D eigenvalue weighted by atomic mass is 16.5. The molecule has 0 unspecified atom stereocenters. The summed E-state index contributed by atoms with van der Waals surface area (Å²) in [6.45, 7) is 2.00. The van der Waals surface area contributed by atoms with E-state index in [-0.39, 0.29) is 12.0 Å². The number of nitrogens with two attached hydrogens (primary N) is 1. The van der Waals surface area contributed by atoms with E-state index in [0.29, 0.717) is 11.7 Å². The summed E-state index contributed by atoms with van der Waals surface area (Å²) in [5.41, 5.74) is 6.80. The highest BCUT2D eigenvalue weighted by molar-refractivity contribution is 5.31. The molecule has 0 atom stereocenters. The summed E-state index contributed by atoms with van der Waals surface area (Å²) < 4.78 is 7.06. The highest BCUT2D eigenvalue weighted by Gasteiger charge is 2.08. The number of nitrogens with zero attached hydrogens (tertiary/aromatic N) is 5. The van der Waals surface area contributed by atoms with Gasteiger partial charge in [0, 0.05) is 12.4 Å². The number of benzene rings is 1. The molecule has 0 aliphatic rings. The van der Waals surface area contributed by atoms with Crippen molar-refractivity contribution in [1.29, 1.82) is 0 Å². The molecule has 2 N–H and O–H groups in total. The Labute approximate surface area is 115 Å². The van der Waals surface area contributed by atoms with E-state index in [0.717, 1.165) is 5.56 Å². The number of aryl methyl sites for hydroxylation is 1. The van der Waals surface area contributed by atoms with E-state index in [1.54, 1.807) is 18.5 Å². The van der Waals surface area contributed by atoms with Crippen LogP contribution in [0, 0.1) is 6.92 Å². The number of rotatable bonds is 3. The van der Waals surface area contributed by atoms with Crippen LogP contribution >= 0.6 is 0 Å². The lowest BCUT2D eigenvalue weighted by atomic mass is 10.2. The molecule has 0 radical (unpaired) electrons. The van der Waals surface area contributed by atoms with Crippen molar-refractivity contribution in [3.8, 4) is 17.7 Å². The van der Waals surface area contributed by atoms with Crippen LogP contribution in [0.5, 0.6) is 11.8 Å². The third-order valence-electron chi connectivity index (χ3n) is 2.56. The summed E-state index contributed by atoms with van der Waals surface area (Å²) >= 11 is 0. The molecule has 0 aliphatic heterocycles. The average Bonchev–Trinajstić information content (AvgIpc) is 2.95. The molecule has 7 nitrogen and oxygen atoms in total. The second-order valence-electron chi connectivity index (χ2n) is 4.14. The highest BCUT2D eigenvalue weighted by Crippen LogP contribution is 2.19. The topological polar surface area (TPSA) is 91.7 Å². The molecule has 2 heterocycles. The van der Waals surface area contributed by atoms with Crippen molar-refractivity contribution in [3.63, 3.8) is 0 Å². The Kier molecular flexibility index (Phi) is 3.00. The zero-order valence-corrected chi connectivity index (χ0v) is 10.8. The summed E-state index contributed by atoms with van der Waals surface area (Å²) in [6, 6.07) is 9.45. The summed E-state index contributed by atoms with van der Waals surface area (Å²) in [4.78, 5) is 12.1. The van der Waals surface area contributed by atoms with Gasteiger partial charge in [-0.2, -0.15) is 20.1 Å². The number of hydrogen-bond donors (Lipinski definition) is 1. The molecule has 7 heteroatoms. The fourth-order valence-corrected chi connectivity index (χ4v) is 1.61. The minimum Gasteiger partial charge on any atom is -0.424 e. The van der Waals surface area contributed by atoms with E-state index in [9.17, 15) is 0 Å². The van der Waals surface area contributed by atoms with E-state index in [1.807, 2.05) is 31.2 Å². The van der Waals surface area contributed by atoms with Crippen LogP contribution in [-0.2, 0) is 0 Å². The standard InChI is InChI=1S/C13H12N6O/c1-9-3-5-10(6-4-9)20-13-17-11(14)16-12(18-13)19-8-2-7-15-19/h2-8H,1H3,(H2,14,16,17,18). The van der Waals surface area contributed by atoms with Gasteiger partial charge in [0.1, 0.15) is 5.75 Å². The summed E-state index contributed by atoms with van der Waals surface area (Å²) in [5.74, 6) is 1.02. The van der Waals surface area contributed by atoms with Gasteiger partial charge < -0.3 is 10.5 Å². The molecule has 0 spiro atoms. The molecular formula is C13H12N6O. The molecule has 0 aliphatic carbocycles. The molecule has 0 saturated heterocycles. The van der Waals surface area contributed by atoms with Crippen molar-refractivity contribution in [1.82, 2.24) is 24.7 Å². The normalized spacial score (nSPS) is 10.4. The first-order valence-corrected chi connectivity index (χ1v) is 5.97. The van der Waals surface area contributed by atoms with Crippen LogP contribution in [0.4, 0.5) is 5.95 Å². The van der Waals surface area contributed by atoms with E-state index in [1.165, 1.54) is 4.68 Å². The maximum Gasteiger partial charge on any atom is 0.328 e. The van der Waals surface area contributed by atoms with Crippen LogP contribution in [0.15, 0.2) is 42.7 Å². The zero-order chi connectivity index (χ0) is 13.9. The zero-order valence-electron chi connectivity index (χ0n) is 10.8. The number of ether oxygens (including phenoxy) is 1. The first kappa shape index (κ1) is 12.1. The third-order valence-corrected chi connectivity index (χ3v) is 2.56. The Morgan fingerprint density at radius 3 is 2.60 bits per heavy atom. The van der Waals surface area contributed by atoms with E-state index >= 15 is 0 Å². The molecule has 2 aromatic heterocycles. The summed E-state index contributed by atoms with van der Waals surface area (Å²) in [7, 11) is 0. The molecule has 100 valence electrons. The van der Waals surface area contributed by atoms with Gasteiger partial charge in [-0.25, -0.2) is 4.68 Å². The minimum atomic E-state index is 0.0765. The van der Waals surface area contributed by atoms with Crippen LogP contribution in [0.2, 0.25) is 0 Å². The second kappa shape index (κ2) is 4.96. The van der Waals surface area contributed by atoms with Crippen molar-refractivity contribution in [2.45, 2.75) is 6.92 Å². The van der Waals surface area contributed by atoms with Crippen molar-refractivity contribution in [2.75, 3.05) is 5.73 Å². The van der Waals surface area contributed by atoms with Crippen molar-refractivity contribution < 1.29 is 4.74 Å². The van der Waals surface area contributed by atoms with Crippen LogP contribution in [0.1, 0.15) is 5.56 Å². The first-order chi connectivity index (χ1) is 9.70. The van der Waals surface area contributed by atoms with Gasteiger partial charge >= 0.3 is 6.01 Å². The minimum absolute atomic E-state index is 0.0765. The van der Waals surface area contributed by atoms with Gasteiger partial charge in [-0.05, 0) is 25.1 Å². The van der Waals surface area contributed by atoms with Gasteiger partial charge in [-0.1, -0.05) is 17.7 Å². The summed E-state index contributed by atoms with van der Waals surface area (Å²) in [6.07, 6.45) is 3.34. The molecule has 0 fully saturated rings. The lowest BCUT2D eigenvalue weighted by molar-refractivity contribution is 0.438. The van der Waals surface area contributed by atoms with E-state index < -0.39 is 0 Å². The van der Waals surface area contributed by atoms with E-state index in [4.69, 9.17) is 10.5 Å². The van der Waals surface area contributed by atoms with Crippen LogP contribution < -0.4 is 10.5 Å². The molecule has 1 aromatic carbocycles. The second-order valence-corrected chi connectivity index (χ2v) is 4.14. The Morgan fingerprint density at radius 2 is 1.90 bits per heavy atom. The molecular weight excluding hydrogens is 256 g/mol. The van der Waals surface area contributed by atoms with Gasteiger partial charge in [0.25, 0.3) is 5.95 Å². The van der Waals surface area contributed by atoms with Gasteiger partial charge in [0.15, 0.2) is 0 Å². The molecule has 0 amide bonds. The first-order valence-electron chi connectivity index (χ1n) is 5.97. The number of anilines is 1. The van der Waals surface area contributed by atoms with Crippen LogP contribution in [0.3, 0.4) is 0 Å². The average molecular weight is 268 g/mol. The molecule has 0 bridgehead atoms. The molecule has 3 rings (SSSR count). The van der Waals surface area contributed by atoms with Gasteiger partial charge in [0.05, 0.1) is 0 Å². The van der Waals surface area contributed by atoms with Crippen LogP contribution in [0.25, 0.3) is 5.95 Å². The quantitative estimate of drug-likeness (QED) is 0.777. The van der Waals surface area contributed by atoms with Gasteiger partial charge in [-0.15, -0.1) is 0 Å². The fourth-order valence-electron chi connectivity index (χ4n) is 1.61. The summed E-state index contributed by atoms with van der Waals surface area (Å²) in [5, 5.41) is 4.04. The predicted octanol–water partition coefficient (Wildman–Crippen LogP) is 1.74. The molecule has 20 heavy (non-hydrogen) atoms. The monoisotopic (exact) mass is 268 g/mol. The Balaban J connectivity index is 1.92. The Hall–Kier alpha value is -2.96. The molecule has 0 saturated carbocycles.